The first-order valence-electron chi connectivity index (χ1n) is 7.34. The molecular formula is C18H15FN2O3. The molecule has 0 atom stereocenters. The van der Waals surface area contributed by atoms with Crippen LogP contribution in [0.25, 0.3) is 11.3 Å². The van der Waals surface area contributed by atoms with Gasteiger partial charge in [-0.05, 0) is 17.7 Å². The van der Waals surface area contributed by atoms with Crippen molar-refractivity contribution in [3.05, 3.63) is 82.0 Å². The normalized spacial score (nSPS) is 10.6. The van der Waals surface area contributed by atoms with Crippen molar-refractivity contribution in [2.24, 2.45) is 7.05 Å². The molecule has 0 spiro atoms. The highest BCUT2D eigenvalue weighted by atomic mass is 19.1. The number of benzene rings is 2. The van der Waals surface area contributed by atoms with Gasteiger partial charge >= 0.3 is 5.63 Å². The predicted octanol–water partition coefficient (Wildman–Crippen LogP) is 2.71. The van der Waals surface area contributed by atoms with E-state index in [4.69, 9.17) is 4.52 Å². The average Bonchev–Trinajstić information content (AvgIpc) is 2.89. The van der Waals surface area contributed by atoms with Crippen LogP contribution in [0.5, 0.6) is 0 Å². The summed E-state index contributed by atoms with van der Waals surface area (Å²) in [4.78, 5) is 24.5. The molecule has 0 fully saturated rings. The second-order valence-corrected chi connectivity index (χ2v) is 5.27. The summed E-state index contributed by atoms with van der Waals surface area (Å²) in [5.74, 6) is -0.882. The summed E-state index contributed by atoms with van der Waals surface area (Å²) in [6, 6.07) is 14.8. The Kier molecular flexibility index (Phi) is 4.29. The average molecular weight is 326 g/mol. The number of halogens is 1. The monoisotopic (exact) mass is 326 g/mol. The van der Waals surface area contributed by atoms with Crippen molar-refractivity contribution >= 4 is 5.91 Å². The first kappa shape index (κ1) is 15.7. The van der Waals surface area contributed by atoms with Crippen LogP contribution < -0.4 is 10.9 Å². The van der Waals surface area contributed by atoms with E-state index in [1.807, 2.05) is 18.2 Å². The quantitative estimate of drug-likeness (QED) is 0.802. The summed E-state index contributed by atoms with van der Waals surface area (Å²) in [6.07, 6.45) is 0. The van der Waals surface area contributed by atoms with E-state index >= 15 is 0 Å². The van der Waals surface area contributed by atoms with Gasteiger partial charge in [0, 0.05) is 19.2 Å². The van der Waals surface area contributed by atoms with Crippen LogP contribution >= 0.6 is 0 Å². The number of hydrogen-bond acceptors (Lipinski definition) is 3. The first-order valence-corrected chi connectivity index (χ1v) is 7.34. The van der Waals surface area contributed by atoms with Crippen LogP contribution in [0.15, 0.2) is 63.9 Å². The van der Waals surface area contributed by atoms with E-state index in [0.717, 1.165) is 5.56 Å². The van der Waals surface area contributed by atoms with Crippen molar-refractivity contribution in [3.8, 4) is 11.3 Å². The zero-order valence-corrected chi connectivity index (χ0v) is 13.0. The van der Waals surface area contributed by atoms with E-state index in [9.17, 15) is 14.0 Å². The second kappa shape index (κ2) is 6.54. The van der Waals surface area contributed by atoms with Crippen molar-refractivity contribution in [1.82, 2.24) is 10.1 Å². The minimum absolute atomic E-state index is 0.0502. The van der Waals surface area contributed by atoms with Gasteiger partial charge in [-0.1, -0.05) is 42.5 Å². The molecule has 0 saturated heterocycles. The fraction of sp³-hybridized carbons (Fsp3) is 0.111. The molecule has 0 saturated carbocycles. The molecule has 5 nitrogen and oxygen atoms in total. The third-order valence-electron chi connectivity index (χ3n) is 3.62. The predicted molar refractivity (Wildman–Crippen MR) is 87.0 cm³/mol. The van der Waals surface area contributed by atoms with Crippen LogP contribution in [0.4, 0.5) is 4.39 Å². The van der Waals surface area contributed by atoms with Gasteiger partial charge in [-0.3, -0.25) is 4.79 Å². The lowest BCUT2D eigenvalue weighted by Crippen LogP contribution is -2.27. The number of nitrogens with one attached hydrogen (secondary N) is 1. The molecule has 0 aliphatic carbocycles. The van der Waals surface area contributed by atoms with Gasteiger partial charge in [0.2, 0.25) is 0 Å². The number of aryl methyl sites for hydroxylation is 1. The Bertz CT molecular complexity index is 912. The summed E-state index contributed by atoms with van der Waals surface area (Å²) in [5, 5.41) is 2.66. The van der Waals surface area contributed by atoms with Crippen molar-refractivity contribution in [2.45, 2.75) is 6.54 Å². The Hall–Kier alpha value is -3.15. The van der Waals surface area contributed by atoms with Gasteiger partial charge in [-0.15, -0.1) is 0 Å². The summed E-state index contributed by atoms with van der Waals surface area (Å²) in [5.41, 5.74) is 1.10. The molecule has 1 heterocycles. The Morgan fingerprint density at radius 2 is 1.79 bits per heavy atom. The van der Waals surface area contributed by atoms with E-state index in [0.29, 0.717) is 11.3 Å². The van der Waals surface area contributed by atoms with Crippen LogP contribution in [0, 0.1) is 5.82 Å². The maximum Gasteiger partial charge on any atom is 0.370 e. The summed E-state index contributed by atoms with van der Waals surface area (Å²) < 4.78 is 19.2. The molecule has 0 bridgehead atoms. The maximum absolute atomic E-state index is 12.9. The zero-order chi connectivity index (χ0) is 17.1. The summed E-state index contributed by atoms with van der Waals surface area (Å²) >= 11 is 0. The van der Waals surface area contributed by atoms with E-state index in [-0.39, 0.29) is 17.9 Å². The van der Waals surface area contributed by atoms with Gasteiger partial charge in [0.15, 0.2) is 5.56 Å². The minimum Gasteiger partial charge on any atom is -0.348 e. The van der Waals surface area contributed by atoms with E-state index in [1.54, 1.807) is 31.3 Å². The molecule has 3 rings (SSSR count). The van der Waals surface area contributed by atoms with Crippen molar-refractivity contribution in [1.29, 1.82) is 0 Å². The number of amides is 1. The number of carbonyl (C=O) groups is 1. The fourth-order valence-electron chi connectivity index (χ4n) is 2.47. The van der Waals surface area contributed by atoms with Crippen molar-refractivity contribution in [2.75, 3.05) is 0 Å². The number of aromatic nitrogens is 1. The number of nitrogens with zero attached hydrogens (tertiary/aromatic N) is 1. The molecule has 1 N–H and O–H groups in total. The lowest BCUT2D eigenvalue weighted by atomic mass is 10.1. The van der Waals surface area contributed by atoms with E-state index < -0.39 is 11.5 Å². The lowest BCUT2D eigenvalue weighted by Gasteiger charge is -2.06. The number of carbonyl (C=O) groups excluding carboxylic acids is 1. The van der Waals surface area contributed by atoms with Crippen LogP contribution in [0.2, 0.25) is 0 Å². The molecule has 3 aromatic rings. The van der Waals surface area contributed by atoms with Gasteiger partial charge in [0.05, 0.1) is 0 Å². The Morgan fingerprint density at radius 1 is 1.12 bits per heavy atom. The molecule has 1 amide bonds. The summed E-state index contributed by atoms with van der Waals surface area (Å²) in [7, 11) is 1.57. The van der Waals surface area contributed by atoms with Crippen molar-refractivity contribution in [3.63, 3.8) is 0 Å². The molecule has 0 unspecified atom stereocenters. The van der Waals surface area contributed by atoms with Gasteiger partial charge in [0.1, 0.15) is 11.5 Å². The third-order valence-corrected chi connectivity index (χ3v) is 3.62. The van der Waals surface area contributed by atoms with Gasteiger partial charge < -0.3 is 9.84 Å². The number of hydrogen-bond donors (Lipinski definition) is 1. The standard InChI is InChI=1S/C18H15FN2O3/c1-21-16(13-5-3-2-4-6-13)15(18(23)24-21)17(22)20-11-12-7-9-14(19)10-8-12/h2-10H,11H2,1H3,(H,20,22). The molecule has 24 heavy (non-hydrogen) atoms. The highest BCUT2D eigenvalue weighted by Gasteiger charge is 2.23. The zero-order valence-electron chi connectivity index (χ0n) is 13.0. The minimum atomic E-state index is -0.701. The van der Waals surface area contributed by atoms with E-state index in [2.05, 4.69) is 5.32 Å². The molecule has 0 radical (unpaired) electrons. The number of rotatable bonds is 4. The van der Waals surface area contributed by atoms with Crippen LogP contribution in [-0.4, -0.2) is 10.6 Å². The molecule has 0 aliphatic rings. The molecule has 1 aromatic heterocycles. The molecular weight excluding hydrogens is 311 g/mol. The van der Waals surface area contributed by atoms with Crippen LogP contribution in [-0.2, 0) is 13.6 Å². The van der Waals surface area contributed by atoms with Gasteiger partial charge in [-0.2, -0.15) is 0 Å². The molecule has 0 aliphatic heterocycles. The highest BCUT2D eigenvalue weighted by Crippen LogP contribution is 2.21. The molecule has 122 valence electrons. The molecule has 2 aromatic carbocycles. The first-order chi connectivity index (χ1) is 11.6. The largest absolute Gasteiger partial charge is 0.370 e. The van der Waals surface area contributed by atoms with Gasteiger partial charge in [-0.25, -0.2) is 13.9 Å². The fourth-order valence-corrected chi connectivity index (χ4v) is 2.47. The molecule has 6 heteroatoms. The highest BCUT2D eigenvalue weighted by molar-refractivity contribution is 5.99. The van der Waals surface area contributed by atoms with Crippen LogP contribution in [0.1, 0.15) is 15.9 Å². The SMILES string of the molecule is Cn1oc(=O)c(C(=O)NCc2ccc(F)cc2)c1-c1ccccc1. The Labute approximate surface area is 137 Å². The maximum atomic E-state index is 12.9. The van der Waals surface area contributed by atoms with Crippen molar-refractivity contribution < 1.29 is 13.7 Å². The Balaban J connectivity index is 1.87. The van der Waals surface area contributed by atoms with Crippen LogP contribution in [0.3, 0.4) is 0 Å². The smallest absolute Gasteiger partial charge is 0.348 e. The third kappa shape index (κ3) is 3.12. The summed E-state index contributed by atoms with van der Waals surface area (Å²) in [6.45, 7) is 0.182. The van der Waals surface area contributed by atoms with Gasteiger partial charge in [0.25, 0.3) is 5.91 Å². The van der Waals surface area contributed by atoms with E-state index in [1.165, 1.54) is 16.9 Å². The Morgan fingerprint density at radius 3 is 2.46 bits per heavy atom. The lowest BCUT2D eigenvalue weighted by molar-refractivity contribution is 0.0949. The second-order valence-electron chi connectivity index (χ2n) is 5.27. The topological polar surface area (TPSA) is 64.2 Å².